The van der Waals surface area contributed by atoms with Crippen LogP contribution in [-0.2, 0) is 0 Å². The van der Waals surface area contributed by atoms with Crippen molar-refractivity contribution >= 4 is 18.3 Å². The highest BCUT2D eigenvalue weighted by Gasteiger charge is 1.91. The summed E-state index contributed by atoms with van der Waals surface area (Å²) in [6, 6.07) is 6.77. The van der Waals surface area contributed by atoms with Crippen molar-refractivity contribution in [3.05, 3.63) is 29.8 Å². The third-order valence-electron chi connectivity index (χ3n) is 1.10. The van der Waals surface area contributed by atoms with Gasteiger partial charge >= 0.3 is 0 Å². The van der Waals surface area contributed by atoms with E-state index in [1.165, 1.54) is 0 Å². The summed E-state index contributed by atoms with van der Waals surface area (Å²) in [5.74, 6) is 0. The van der Waals surface area contributed by atoms with Crippen LogP contribution in [0.3, 0.4) is 0 Å². The van der Waals surface area contributed by atoms with E-state index >= 15 is 0 Å². The van der Waals surface area contributed by atoms with Gasteiger partial charge in [0.05, 0.1) is 0 Å². The number of aldehydes is 1. The second kappa shape index (κ2) is 3.39. The summed E-state index contributed by atoms with van der Waals surface area (Å²) < 4.78 is 8.56. The van der Waals surface area contributed by atoms with E-state index in [1.54, 1.807) is 24.3 Å². The Balaban J connectivity index is 2.98. The molecular formula is C7H6O2S. The first-order valence-corrected chi connectivity index (χ1v) is 3.51. The van der Waals surface area contributed by atoms with Crippen LogP contribution in [0, 0.1) is 0 Å². The van der Waals surface area contributed by atoms with Crippen molar-refractivity contribution < 1.29 is 9.35 Å². The van der Waals surface area contributed by atoms with E-state index in [4.69, 9.17) is 4.55 Å². The van der Waals surface area contributed by atoms with E-state index in [9.17, 15) is 4.79 Å². The van der Waals surface area contributed by atoms with E-state index < -0.39 is 0 Å². The lowest BCUT2D eigenvalue weighted by Gasteiger charge is -1.92. The first-order chi connectivity index (χ1) is 4.86. The minimum Gasteiger partial charge on any atom is -0.325 e. The number of carbonyl (C=O) groups is 1. The molecule has 0 heterocycles. The molecule has 0 unspecified atom stereocenters. The molecule has 0 fully saturated rings. The summed E-state index contributed by atoms with van der Waals surface area (Å²) in [4.78, 5) is 10.9. The quantitative estimate of drug-likeness (QED) is 0.523. The van der Waals surface area contributed by atoms with Crippen molar-refractivity contribution in [1.29, 1.82) is 0 Å². The Labute approximate surface area is 63.1 Å². The van der Waals surface area contributed by atoms with Gasteiger partial charge in [0.15, 0.2) is 0 Å². The van der Waals surface area contributed by atoms with Gasteiger partial charge < -0.3 is 4.55 Å². The van der Waals surface area contributed by atoms with Gasteiger partial charge in [-0.1, -0.05) is 12.1 Å². The molecule has 1 aromatic carbocycles. The SMILES string of the molecule is O=Cc1cccc(SO)c1. The fourth-order valence-electron chi connectivity index (χ4n) is 0.645. The van der Waals surface area contributed by atoms with E-state index in [0.29, 0.717) is 22.5 Å². The molecule has 2 nitrogen and oxygen atoms in total. The first-order valence-electron chi connectivity index (χ1n) is 2.73. The summed E-state index contributed by atoms with van der Waals surface area (Å²) in [5, 5.41) is 0. The Bertz CT molecular complexity index is 235. The summed E-state index contributed by atoms with van der Waals surface area (Å²) in [6.07, 6.45) is 0.750. The third kappa shape index (κ3) is 1.59. The van der Waals surface area contributed by atoms with Crippen molar-refractivity contribution in [2.75, 3.05) is 0 Å². The molecule has 52 valence electrons. The van der Waals surface area contributed by atoms with Gasteiger partial charge in [0.2, 0.25) is 0 Å². The van der Waals surface area contributed by atoms with E-state index in [1.807, 2.05) is 0 Å². The maximum atomic E-state index is 10.2. The molecule has 3 heteroatoms. The van der Waals surface area contributed by atoms with Crippen molar-refractivity contribution in [2.24, 2.45) is 0 Å². The number of rotatable bonds is 2. The van der Waals surface area contributed by atoms with Gasteiger partial charge in [-0.3, -0.25) is 4.79 Å². The molecule has 0 saturated carbocycles. The second-order valence-corrected chi connectivity index (χ2v) is 2.44. The molecule has 0 spiro atoms. The summed E-state index contributed by atoms with van der Waals surface area (Å²) in [6.45, 7) is 0. The first kappa shape index (κ1) is 7.31. The van der Waals surface area contributed by atoms with Crippen LogP contribution in [0.1, 0.15) is 10.4 Å². The Morgan fingerprint density at radius 3 is 2.90 bits per heavy atom. The fraction of sp³-hybridized carbons (Fsp3) is 0. The second-order valence-electron chi connectivity index (χ2n) is 1.78. The maximum absolute atomic E-state index is 10.2. The van der Waals surface area contributed by atoms with Crippen molar-refractivity contribution in [3.63, 3.8) is 0 Å². The Morgan fingerprint density at radius 2 is 2.30 bits per heavy atom. The van der Waals surface area contributed by atoms with Crippen molar-refractivity contribution in [1.82, 2.24) is 0 Å². The third-order valence-corrected chi connectivity index (χ3v) is 1.56. The molecule has 0 aromatic heterocycles. The number of hydrogen-bond donors (Lipinski definition) is 1. The van der Waals surface area contributed by atoms with Crippen LogP contribution >= 0.6 is 12.0 Å². The van der Waals surface area contributed by atoms with Gasteiger partial charge in [-0.05, 0) is 12.1 Å². The molecule has 0 aliphatic rings. The molecule has 1 rings (SSSR count). The molecule has 0 saturated heterocycles. The van der Waals surface area contributed by atoms with E-state index in [0.717, 1.165) is 6.29 Å². The van der Waals surface area contributed by atoms with Gasteiger partial charge in [0, 0.05) is 22.5 Å². The van der Waals surface area contributed by atoms with Gasteiger partial charge in [0.1, 0.15) is 6.29 Å². The highest BCUT2D eigenvalue weighted by Crippen LogP contribution is 2.13. The predicted molar refractivity (Wildman–Crippen MR) is 40.3 cm³/mol. The topological polar surface area (TPSA) is 37.3 Å². The standard InChI is InChI=1S/C7H6O2S/c8-5-6-2-1-3-7(4-6)10-9/h1-5,9H. The van der Waals surface area contributed by atoms with Crippen molar-refractivity contribution in [2.45, 2.75) is 4.90 Å². The summed E-state index contributed by atoms with van der Waals surface area (Å²) in [5.41, 5.74) is 0.582. The molecule has 10 heavy (non-hydrogen) atoms. The minimum absolute atomic E-state index is 0.582. The largest absolute Gasteiger partial charge is 0.325 e. The van der Waals surface area contributed by atoms with Crippen LogP contribution in [0.2, 0.25) is 0 Å². The Hall–Kier alpha value is -0.800. The highest BCUT2D eigenvalue weighted by molar-refractivity contribution is 7.93. The lowest BCUT2D eigenvalue weighted by Crippen LogP contribution is -1.78. The highest BCUT2D eigenvalue weighted by atomic mass is 32.2. The fourth-order valence-corrected chi connectivity index (χ4v) is 0.973. The average molecular weight is 154 g/mol. The monoisotopic (exact) mass is 154 g/mol. The summed E-state index contributed by atoms with van der Waals surface area (Å²) >= 11 is 0.639. The van der Waals surface area contributed by atoms with Gasteiger partial charge in [-0.2, -0.15) is 0 Å². The molecule has 0 bridgehead atoms. The van der Waals surface area contributed by atoms with Crippen LogP contribution in [0.25, 0.3) is 0 Å². The summed E-state index contributed by atoms with van der Waals surface area (Å²) in [7, 11) is 0. The van der Waals surface area contributed by atoms with Crippen LogP contribution in [0.4, 0.5) is 0 Å². The van der Waals surface area contributed by atoms with Crippen LogP contribution < -0.4 is 0 Å². The molecule has 0 atom stereocenters. The number of benzene rings is 1. The normalized spacial score (nSPS) is 9.30. The van der Waals surface area contributed by atoms with Crippen molar-refractivity contribution in [3.8, 4) is 0 Å². The molecule has 1 aromatic rings. The molecule has 0 aliphatic heterocycles. The van der Waals surface area contributed by atoms with Crippen LogP contribution in [0.5, 0.6) is 0 Å². The molecule has 0 aliphatic carbocycles. The lowest BCUT2D eigenvalue weighted by atomic mass is 10.2. The molecule has 1 N–H and O–H groups in total. The molecular weight excluding hydrogens is 148 g/mol. The predicted octanol–water partition coefficient (Wildman–Crippen LogP) is 2.06. The Morgan fingerprint density at radius 1 is 1.50 bits per heavy atom. The molecule has 0 amide bonds. The van der Waals surface area contributed by atoms with E-state index in [2.05, 4.69) is 0 Å². The van der Waals surface area contributed by atoms with E-state index in [-0.39, 0.29) is 0 Å². The van der Waals surface area contributed by atoms with Gasteiger partial charge in [-0.15, -0.1) is 0 Å². The lowest BCUT2D eigenvalue weighted by molar-refractivity contribution is 0.112. The van der Waals surface area contributed by atoms with Crippen LogP contribution in [0.15, 0.2) is 29.2 Å². The average Bonchev–Trinajstić information content (AvgIpc) is 2.05. The minimum atomic E-state index is 0.582. The number of carbonyl (C=O) groups excluding carboxylic acids is 1. The van der Waals surface area contributed by atoms with Crippen LogP contribution in [-0.4, -0.2) is 10.8 Å². The zero-order valence-corrected chi connectivity index (χ0v) is 5.97. The zero-order valence-electron chi connectivity index (χ0n) is 5.15. The number of hydrogen-bond acceptors (Lipinski definition) is 3. The maximum Gasteiger partial charge on any atom is 0.150 e. The van der Waals surface area contributed by atoms with Gasteiger partial charge in [0.25, 0.3) is 0 Å². The zero-order chi connectivity index (χ0) is 7.40. The Kier molecular flexibility index (Phi) is 2.48. The van der Waals surface area contributed by atoms with Gasteiger partial charge in [-0.25, -0.2) is 0 Å². The molecule has 0 radical (unpaired) electrons. The smallest absolute Gasteiger partial charge is 0.150 e.